The average molecular weight is 597 g/mol. The average Bonchev–Trinajstić information content (AvgIpc) is 3.57. The lowest BCUT2D eigenvalue weighted by Gasteiger charge is -2.22. The number of rotatable bonds is 26. The summed E-state index contributed by atoms with van der Waals surface area (Å²) in [6, 6.07) is 0. The SMILES string of the molecule is CCCCCCCCCCCCCCC(O)C(O)CC[C@H](O)[C@@H]1CC[C@@H](CCCCCC(O)CC2=CC(C)OC2=O)O1. The Kier molecular flexibility index (Phi) is 19.9. The summed E-state index contributed by atoms with van der Waals surface area (Å²) < 4.78 is 11.2. The third kappa shape index (κ3) is 16.2. The molecular weight excluding hydrogens is 532 g/mol. The van der Waals surface area contributed by atoms with Gasteiger partial charge in [-0.15, -0.1) is 0 Å². The number of hydrogen-bond acceptors (Lipinski definition) is 7. The van der Waals surface area contributed by atoms with E-state index >= 15 is 0 Å². The number of unbranched alkanes of at least 4 members (excludes halogenated alkanes) is 13. The van der Waals surface area contributed by atoms with Gasteiger partial charge in [-0.05, 0) is 57.9 Å². The van der Waals surface area contributed by atoms with E-state index in [0.717, 1.165) is 51.4 Å². The number of carbonyl (C=O) groups excluding carboxylic acids is 1. The highest BCUT2D eigenvalue weighted by Crippen LogP contribution is 2.28. The van der Waals surface area contributed by atoms with Crippen molar-refractivity contribution < 1.29 is 34.7 Å². The summed E-state index contributed by atoms with van der Waals surface area (Å²) in [5, 5.41) is 41.6. The zero-order chi connectivity index (χ0) is 30.6. The molecule has 0 bridgehead atoms. The minimum Gasteiger partial charge on any atom is -0.455 e. The molecule has 0 radical (unpaired) electrons. The molecule has 0 aromatic rings. The Bertz CT molecular complexity index is 726. The molecule has 0 amide bonds. The Morgan fingerprint density at radius 3 is 1.93 bits per heavy atom. The summed E-state index contributed by atoms with van der Waals surface area (Å²) >= 11 is 0. The monoisotopic (exact) mass is 596 g/mol. The predicted molar refractivity (Wildman–Crippen MR) is 168 cm³/mol. The minimum atomic E-state index is -0.793. The first-order valence-electron chi connectivity index (χ1n) is 17.6. The minimum absolute atomic E-state index is 0.149. The molecule has 0 aromatic heterocycles. The van der Waals surface area contributed by atoms with E-state index in [1.54, 1.807) is 6.08 Å². The highest BCUT2D eigenvalue weighted by atomic mass is 16.5. The number of ether oxygens (including phenoxy) is 2. The van der Waals surface area contributed by atoms with Crippen LogP contribution in [0.4, 0.5) is 0 Å². The molecule has 2 rings (SSSR count). The Hall–Kier alpha value is -0.990. The highest BCUT2D eigenvalue weighted by Gasteiger charge is 2.31. The van der Waals surface area contributed by atoms with Crippen molar-refractivity contribution in [2.75, 3.05) is 0 Å². The maximum atomic E-state index is 11.7. The van der Waals surface area contributed by atoms with Crippen molar-refractivity contribution in [1.29, 1.82) is 0 Å². The van der Waals surface area contributed by atoms with Crippen LogP contribution in [0.2, 0.25) is 0 Å². The third-order valence-electron chi connectivity index (χ3n) is 9.14. The predicted octanol–water partition coefficient (Wildman–Crippen LogP) is 7.06. The zero-order valence-corrected chi connectivity index (χ0v) is 26.9. The number of hydrogen-bond donors (Lipinski definition) is 4. The molecule has 7 atom stereocenters. The summed E-state index contributed by atoms with van der Waals surface area (Å²) in [4.78, 5) is 11.7. The summed E-state index contributed by atoms with van der Waals surface area (Å²) in [5.41, 5.74) is 0.584. The van der Waals surface area contributed by atoms with Gasteiger partial charge in [0.25, 0.3) is 0 Å². The first kappa shape index (κ1) is 37.2. The van der Waals surface area contributed by atoms with Crippen LogP contribution < -0.4 is 0 Å². The summed E-state index contributed by atoms with van der Waals surface area (Å²) in [5.74, 6) is -0.308. The second-order valence-corrected chi connectivity index (χ2v) is 13.1. The Balaban J connectivity index is 1.43. The highest BCUT2D eigenvalue weighted by molar-refractivity contribution is 5.90. The molecular formula is C35H64O7. The molecule has 7 nitrogen and oxygen atoms in total. The Morgan fingerprint density at radius 2 is 1.31 bits per heavy atom. The van der Waals surface area contributed by atoms with Gasteiger partial charge < -0.3 is 29.9 Å². The molecule has 1 fully saturated rings. The number of aliphatic hydroxyl groups is 4. The maximum absolute atomic E-state index is 11.7. The van der Waals surface area contributed by atoms with Crippen LogP contribution in [0.15, 0.2) is 11.6 Å². The van der Waals surface area contributed by atoms with Crippen LogP contribution >= 0.6 is 0 Å². The molecule has 1 saturated heterocycles. The van der Waals surface area contributed by atoms with Gasteiger partial charge >= 0.3 is 5.97 Å². The van der Waals surface area contributed by atoms with Gasteiger partial charge in [0.05, 0.1) is 36.6 Å². The van der Waals surface area contributed by atoms with E-state index < -0.39 is 24.4 Å². The third-order valence-corrected chi connectivity index (χ3v) is 9.14. The molecule has 0 spiro atoms. The molecule has 2 aliphatic heterocycles. The van der Waals surface area contributed by atoms with E-state index in [9.17, 15) is 25.2 Å². The van der Waals surface area contributed by atoms with Gasteiger partial charge in [-0.1, -0.05) is 103 Å². The molecule has 4 unspecified atom stereocenters. The number of cyclic esters (lactones) is 1. The molecule has 7 heteroatoms. The fourth-order valence-corrected chi connectivity index (χ4v) is 6.40. The molecule has 0 saturated carbocycles. The van der Waals surface area contributed by atoms with Crippen LogP contribution in [-0.4, -0.2) is 69.1 Å². The number of carbonyl (C=O) groups is 1. The lowest BCUT2D eigenvalue weighted by molar-refractivity contribution is -0.139. The summed E-state index contributed by atoms with van der Waals surface area (Å²) in [6.07, 6.45) is 22.3. The van der Waals surface area contributed by atoms with Crippen molar-refractivity contribution in [2.24, 2.45) is 0 Å². The second-order valence-electron chi connectivity index (χ2n) is 13.1. The van der Waals surface area contributed by atoms with Gasteiger partial charge in [0, 0.05) is 12.0 Å². The van der Waals surface area contributed by atoms with Crippen molar-refractivity contribution in [2.45, 2.75) is 204 Å². The van der Waals surface area contributed by atoms with Gasteiger partial charge in [-0.3, -0.25) is 0 Å². The zero-order valence-electron chi connectivity index (χ0n) is 26.9. The van der Waals surface area contributed by atoms with Crippen molar-refractivity contribution in [3.8, 4) is 0 Å². The fraction of sp³-hybridized carbons (Fsp3) is 0.914. The van der Waals surface area contributed by atoms with Gasteiger partial charge in [0.2, 0.25) is 0 Å². The lowest BCUT2D eigenvalue weighted by atomic mass is 9.97. The standard InChI is InChI=1S/C35H64O7/c1-3-4-5-6-7-8-9-10-11-12-13-17-20-31(37)32(38)22-23-33(39)34-24-21-30(42-34)19-16-14-15-18-29(36)26-28-25-27(2)41-35(28)40/h25,27,29-34,36-39H,3-24,26H2,1-2H3/t27?,29?,30-,31?,32?,33+,34+/m1/s1. The van der Waals surface area contributed by atoms with Crippen LogP contribution in [0.3, 0.4) is 0 Å². The van der Waals surface area contributed by atoms with Gasteiger partial charge in [-0.2, -0.15) is 0 Å². The van der Waals surface area contributed by atoms with Crippen molar-refractivity contribution in [3.63, 3.8) is 0 Å². The van der Waals surface area contributed by atoms with Gasteiger partial charge in [0.15, 0.2) is 0 Å². The van der Waals surface area contributed by atoms with E-state index in [0.29, 0.717) is 37.7 Å². The first-order valence-corrected chi connectivity index (χ1v) is 17.6. The quantitative estimate of drug-likeness (QED) is 0.0624. The molecule has 0 aromatic carbocycles. The van der Waals surface area contributed by atoms with Crippen LogP contribution in [0, 0.1) is 0 Å². The molecule has 246 valence electrons. The van der Waals surface area contributed by atoms with Crippen LogP contribution in [-0.2, 0) is 14.3 Å². The summed E-state index contributed by atoms with van der Waals surface area (Å²) in [7, 11) is 0. The van der Waals surface area contributed by atoms with Crippen molar-refractivity contribution >= 4 is 5.97 Å². The van der Waals surface area contributed by atoms with Crippen molar-refractivity contribution in [1.82, 2.24) is 0 Å². The van der Waals surface area contributed by atoms with E-state index in [1.807, 2.05) is 6.92 Å². The normalized spacial score (nSPS) is 23.5. The van der Waals surface area contributed by atoms with E-state index in [4.69, 9.17) is 9.47 Å². The van der Waals surface area contributed by atoms with Crippen LogP contribution in [0.1, 0.15) is 162 Å². The second kappa shape index (κ2) is 22.5. The molecule has 0 aliphatic carbocycles. The van der Waals surface area contributed by atoms with Crippen LogP contribution in [0.5, 0.6) is 0 Å². The molecule has 2 aliphatic rings. The molecule has 42 heavy (non-hydrogen) atoms. The molecule has 4 N–H and O–H groups in total. The van der Waals surface area contributed by atoms with E-state index in [1.165, 1.54) is 64.2 Å². The van der Waals surface area contributed by atoms with E-state index in [2.05, 4.69) is 6.92 Å². The first-order chi connectivity index (χ1) is 20.3. The Labute approximate surface area is 256 Å². The maximum Gasteiger partial charge on any atom is 0.334 e. The lowest BCUT2D eigenvalue weighted by Crippen LogP contribution is -2.31. The van der Waals surface area contributed by atoms with Crippen LogP contribution in [0.25, 0.3) is 0 Å². The fourth-order valence-electron chi connectivity index (χ4n) is 6.40. The topological polar surface area (TPSA) is 116 Å². The largest absolute Gasteiger partial charge is 0.455 e. The number of aliphatic hydroxyl groups excluding tert-OH is 4. The smallest absolute Gasteiger partial charge is 0.334 e. The van der Waals surface area contributed by atoms with E-state index in [-0.39, 0.29) is 24.3 Å². The molecule has 2 heterocycles. The van der Waals surface area contributed by atoms with Gasteiger partial charge in [0.1, 0.15) is 6.10 Å². The number of esters is 1. The summed E-state index contributed by atoms with van der Waals surface area (Å²) in [6.45, 7) is 4.08. The van der Waals surface area contributed by atoms with Crippen molar-refractivity contribution in [3.05, 3.63) is 11.6 Å². The Morgan fingerprint density at radius 1 is 0.738 bits per heavy atom. The van der Waals surface area contributed by atoms with Gasteiger partial charge in [-0.25, -0.2) is 4.79 Å².